The highest BCUT2D eigenvalue weighted by atomic mass is 16.1. The molecular weight excluding hydrogens is 210 g/mol. The van der Waals surface area contributed by atoms with Gasteiger partial charge < -0.3 is 5.32 Å². The predicted octanol–water partition coefficient (Wildman–Crippen LogP) is 3.62. The van der Waals surface area contributed by atoms with Gasteiger partial charge in [0.25, 0.3) is 0 Å². The fourth-order valence-corrected chi connectivity index (χ4v) is 2.24. The van der Waals surface area contributed by atoms with E-state index in [9.17, 15) is 4.79 Å². The molecule has 17 heavy (non-hydrogen) atoms. The largest absolute Gasteiger partial charge is 0.362 e. The van der Waals surface area contributed by atoms with Gasteiger partial charge in [-0.3, -0.25) is 4.79 Å². The quantitative estimate of drug-likeness (QED) is 0.839. The monoisotopic (exact) mass is 229 g/mol. The number of hydrogen-bond donors (Lipinski definition) is 1. The number of Topliss-reactive ketones (excluding diaryl/α,β-unsaturated/α-hetero) is 1. The molecule has 2 atom stereocenters. The number of rotatable bonds is 2. The normalized spacial score (nSPS) is 27.2. The van der Waals surface area contributed by atoms with Gasteiger partial charge in [0.15, 0.2) is 0 Å². The zero-order chi connectivity index (χ0) is 12.3. The van der Waals surface area contributed by atoms with E-state index in [1.807, 2.05) is 37.3 Å². The summed E-state index contributed by atoms with van der Waals surface area (Å²) in [7, 11) is 0. The molecule has 1 aliphatic carbocycles. The van der Waals surface area contributed by atoms with Gasteiger partial charge in [-0.1, -0.05) is 37.6 Å². The Morgan fingerprint density at radius 1 is 1.12 bits per heavy atom. The number of carbonyl (C=O) groups excluding carboxylic acids is 1. The van der Waals surface area contributed by atoms with Crippen LogP contribution in [0.2, 0.25) is 0 Å². The molecule has 0 aliphatic heterocycles. The Hall–Kier alpha value is -1.57. The van der Waals surface area contributed by atoms with Crippen LogP contribution in [0.4, 0.5) is 5.69 Å². The second-order valence-corrected chi connectivity index (χ2v) is 4.77. The Morgan fingerprint density at radius 3 is 2.53 bits per heavy atom. The minimum Gasteiger partial charge on any atom is -0.362 e. The minimum absolute atomic E-state index is 0.160. The molecular formula is C15H19NO. The van der Waals surface area contributed by atoms with Crippen molar-refractivity contribution in [1.82, 2.24) is 0 Å². The lowest BCUT2D eigenvalue weighted by Gasteiger charge is -2.27. The van der Waals surface area contributed by atoms with Crippen LogP contribution in [-0.2, 0) is 4.79 Å². The van der Waals surface area contributed by atoms with Crippen LogP contribution in [0.25, 0.3) is 0 Å². The molecule has 0 heterocycles. The van der Waals surface area contributed by atoms with Crippen LogP contribution in [0.15, 0.2) is 42.1 Å². The predicted molar refractivity (Wildman–Crippen MR) is 70.7 cm³/mol. The highest BCUT2D eigenvalue weighted by Gasteiger charge is 2.27. The van der Waals surface area contributed by atoms with Crippen molar-refractivity contribution in [3.8, 4) is 0 Å². The van der Waals surface area contributed by atoms with Gasteiger partial charge in [0.05, 0.1) is 0 Å². The van der Waals surface area contributed by atoms with Crippen molar-refractivity contribution in [2.75, 3.05) is 5.32 Å². The summed E-state index contributed by atoms with van der Waals surface area (Å²) >= 11 is 0. The molecule has 1 aliphatic rings. The fraction of sp³-hybridized carbons (Fsp3) is 0.400. The number of para-hydroxylation sites is 1. The molecule has 1 aromatic rings. The molecule has 2 rings (SSSR count). The molecule has 0 aromatic heterocycles. The second-order valence-electron chi connectivity index (χ2n) is 4.77. The maximum Gasteiger partial charge on any atom is 0.136 e. The summed E-state index contributed by atoms with van der Waals surface area (Å²) in [5.41, 5.74) is 2.44. The van der Waals surface area contributed by atoms with Crippen LogP contribution in [0, 0.1) is 11.8 Å². The lowest BCUT2D eigenvalue weighted by molar-refractivity contribution is -0.124. The second kappa shape index (κ2) is 5.17. The molecule has 0 spiro atoms. The Labute approximate surface area is 103 Å². The van der Waals surface area contributed by atoms with E-state index >= 15 is 0 Å². The van der Waals surface area contributed by atoms with Crippen LogP contribution in [-0.4, -0.2) is 5.78 Å². The summed E-state index contributed by atoms with van der Waals surface area (Å²) in [6, 6.07) is 10.1. The molecule has 1 aromatic carbocycles. The van der Waals surface area contributed by atoms with E-state index < -0.39 is 0 Å². The first-order valence-electron chi connectivity index (χ1n) is 6.21. The average Bonchev–Trinajstić information content (AvgIpc) is 2.36. The number of ketones is 1. The molecule has 2 nitrogen and oxygen atoms in total. The van der Waals surface area contributed by atoms with Gasteiger partial charge in [0.1, 0.15) is 5.78 Å². The smallest absolute Gasteiger partial charge is 0.136 e. The Bertz CT molecular complexity index is 422. The van der Waals surface area contributed by atoms with Crippen molar-refractivity contribution >= 4 is 11.5 Å². The van der Waals surface area contributed by atoms with E-state index in [-0.39, 0.29) is 5.92 Å². The third-order valence-corrected chi connectivity index (χ3v) is 3.70. The van der Waals surface area contributed by atoms with Gasteiger partial charge in [-0.25, -0.2) is 0 Å². The van der Waals surface area contributed by atoms with Crippen molar-refractivity contribution in [3.05, 3.63) is 42.1 Å². The van der Waals surface area contributed by atoms with E-state index in [0.29, 0.717) is 18.1 Å². The summed E-state index contributed by atoms with van der Waals surface area (Å²) in [5.74, 6) is 0.911. The lowest BCUT2D eigenvalue weighted by atomic mass is 9.77. The summed E-state index contributed by atoms with van der Waals surface area (Å²) in [5, 5.41) is 3.31. The van der Waals surface area contributed by atoms with Gasteiger partial charge >= 0.3 is 0 Å². The maximum atomic E-state index is 11.6. The maximum absolute atomic E-state index is 11.6. The van der Waals surface area contributed by atoms with Gasteiger partial charge in [-0.2, -0.15) is 0 Å². The third-order valence-electron chi connectivity index (χ3n) is 3.70. The first kappa shape index (κ1) is 11.9. The van der Waals surface area contributed by atoms with Crippen LogP contribution in [0.3, 0.4) is 0 Å². The van der Waals surface area contributed by atoms with Crippen LogP contribution in [0.5, 0.6) is 0 Å². The number of allylic oxidation sites excluding steroid dienone is 1. The van der Waals surface area contributed by atoms with E-state index in [0.717, 1.165) is 12.1 Å². The lowest BCUT2D eigenvalue weighted by Crippen LogP contribution is -2.26. The zero-order valence-corrected chi connectivity index (χ0v) is 10.4. The average molecular weight is 229 g/mol. The number of nitrogens with one attached hydrogen (secondary N) is 1. The highest BCUT2D eigenvalue weighted by molar-refractivity contribution is 5.82. The minimum atomic E-state index is 0.160. The molecule has 0 radical (unpaired) electrons. The summed E-state index contributed by atoms with van der Waals surface area (Å²) in [6.45, 7) is 4.17. The van der Waals surface area contributed by atoms with Crippen LogP contribution in [0.1, 0.15) is 26.7 Å². The van der Waals surface area contributed by atoms with Crippen molar-refractivity contribution in [2.24, 2.45) is 11.8 Å². The van der Waals surface area contributed by atoms with E-state index in [2.05, 4.69) is 18.4 Å². The molecule has 0 amide bonds. The SMILES string of the molecule is CC1C(=O)CCC(=CNc2ccccc2)C1C. The summed E-state index contributed by atoms with van der Waals surface area (Å²) in [6.07, 6.45) is 3.65. The zero-order valence-electron chi connectivity index (χ0n) is 10.4. The molecule has 0 saturated heterocycles. The Kier molecular flexibility index (Phi) is 3.62. The first-order valence-corrected chi connectivity index (χ1v) is 6.21. The molecule has 90 valence electrons. The van der Waals surface area contributed by atoms with Gasteiger partial charge in [-0.15, -0.1) is 0 Å². The fourth-order valence-electron chi connectivity index (χ4n) is 2.24. The van der Waals surface area contributed by atoms with E-state index in [1.54, 1.807) is 0 Å². The molecule has 1 saturated carbocycles. The number of hydrogen-bond acceptors (Lipinski definition) is 2. The summed E-state index contributed by atoms with van der Waals surface area (Å²) in [4.78, 5) is 11.6. The molecule has 1 N–H and O–H groups in total. The first-order chi connectivity index (χ1) is 8.18. The molecule has 0 bridgehead atoms. The standard InChI is InChI=1S/C15H19NO/c1-11-12(2)15(17)9-8-13(11)10-16-14-6-4-3-5-7-14/h3-7,10-12,16H,8-9H2,1-2H3. The van der Waals surface area contributed by atoms with E-state index in [1.165, 1.54) is 5.57 Å². The van der Waals surface area contributed by atoms with Gasteiger partial charge in [0, 0.05) is 24.2 Å². The molecule has 2 unspecified atom stereocenters. The van der Waals surface area contributed by atoms with E-state index in [4.69, 9.17) is 0 Å². The number of benzene rings is 1. The van der Waals surface area contributed by atoms with Gasteiger partial charge in [-0.05, 0) is 24.5 Å². The number of carbonyl (C=O) groups is 1. The molecule has 2 heteroatoms. The third kappa shape index (κ3) is 2.76. The summed E-state index contributed by atoms with van der Waals surface area (Å²) < 4.78 is 0. The van der Waals surface area contributed by atoms with Crippen LogP contribution < -0.4 is 5.32 Å². The Balaban J connectivity index is 2.05. The topological polar surface area (TPSA) is 29.1 Å². The van der Waals surface area contributed by atoms with Crippen molar-refractivity contribution in [2.45, 2.75) is 26.7 Å². The van der Waals surface area contributed by atoms with Crippen molar-refractivity contribution in [3.63, 3.8) is 0 Å². The van der Waals surface area contributed by atoms with Crippen LogP contribution >= 0.6 is 0 Å². The van der Waals surface area contributed by atoms with Gasteiger partial charge in [0.2, 0.25) is 0 Å². The van der Waals surface area contributed by atoms with Crippen molar-refractivity contribution in [1.29, 1.82) is 0 Å². The highest BCUT2D eigenvalue weighted by Crippen LogP contribution is 2.31. The van der Waals surface area contributed by atoms with Crippen molar-refractivity contribution < 1.29 is 4.79 Å². The number of anilines is 1. The molecule has 1 fully saturated rings. The Morgan fingerprint density at radius 2 is 1.82 bits per heavy atom.